The van der Waals surface area contributed by atoms with E-state index in [4.69, 9.17) is 0 Å². The summed E-state index contributed by atoms with van der Waals surface area (Å²) in [7, 11) is 3.92. The van der Waals surface area contributed by atoms with Crippen LogP contribution in [0.2, 0.25) is 0 Å². The minimum Gasteiger partial charge on any atom is -0.351 e. The van der Waals surface area contributed by atoms with Crippen LogP contribution in [0.25, 0.3) is 11.1 Å². The standard InChI is InChI=1S/C17H19FN2O/c1-20(2)11-10-19-17(21)14-8-6-13(7-9-14)15-4-3-5-16(18)12-15/h3-9,12H,10-11H2,1-2H3,(H,19,21). The molecule has 0 atom stereocenters. The first-order chi connectivity index (χ1) is 10.1. The number of halogens is 1. The molecule has 0 aromatic heterocycles. The number of hydrogen-bond acceptors (Lipinski definition) is 2. The van der Waals surface area contributed by atoms with Crippen LogP contribution in [-0.4, -0.2) is 38.0 Å². The molecule has 1 N–H and O–H groups in total. The molecule has 0 aliphatic carbocycles. The lowest BCUT2D eigenvalue weighted by molar-refractivity contribution is 0.0951. The van der Waals surface area contributed by atoms with E-state index >= 15 is 0 Å². The Balaban J connectivity index is 2.03. The zero-order chi connectivity index (χ0) is 15.2. The van der Waals surface area contributed by atoms with Gasteiger partial charge >= 0.3 is 0 Å². The van der Waals surface area contributed by atoms with E-state index in [1.54, 1.807) is 18.2 Å². The summed E-state index contributed by atoms with van der Waals surface area (Å²) >= 11 is 0. The second-order valence-corrected chi connectivity index (χ2v) is 5.15. The number of benzene rings is 2. The number of nitrogens with zero attached hydrogens (tertiary/aromatic N) is 1. The molecule has 0 radical (unpaired) electrons. The molecule has 3 nitrogen and oxygen atoms in total. The third kappa shape index (κ3) is 4.39. The molecule has 0 heterocycles. The Morgan fingerprint density at radius 3 is 2.43 bits per heavy atom. The molecule has 0 bridgehead atoms. The lowest BCUT2D eigenvalue weighted by Gasteiger charge is -2.10. The van der Waals surface area contributed by atoms with Crippen LogP contribution in [0.1, 0.15) is 10.4 Å². The highest BCUT2D eigenvalue weighted by Gasteiger charge is 2.06. The molecule has 1 amide bonds. The summed E-state index contributed by atoms with van der Waals surface area (Å²) in [6.45, 7) is 1.41. The topological polar surface area (TPSA) is 32.3 Å². The van der Waals surface area contributed by atoms with Crippen molar-refractivity contribution in [1.82, 2.24) is 10.2 Å². The summed E-state index contributed by atoms with van der Waals surface area (Å²) in [6, 6.07) is 13.6. The normalized spacial score (nSPS) is 10.7. The molecule has 0 aliphatic heterocycles. The van der Waals surface area contributed by atoms with E-state index in [-0.39, 0.29) is 11.7 Å². The van der Waals surface area contributed by atoms with Gasteiger partial charge in [0.1, 0.15) is 5.82 Å². The van der Waals surface area contributed by atoms with Crippen LogP contribution in [0.3, 0.4) is 0 Å². The van der Waals surface area contributed by atoms with Crippen LogP contribution in [0.5, 0.6) is 0 Å². The van der Waals surface area contributed by atoms with E-state index in [0.29, 0.717) is 12.1 Å². The Morgan fingerprint density at radius 1 is 1.10 bits per heavy atom. The molecule has 4 heteroatoms. The number of amides is 1. The monoisotopic (exact) mass is 286 g/mol. The zero-order valence-electron chi connectivity index (χ0n) is 12.3. The average molecular weight is 286 g/mol. The van der Waals surface area contributed by atoms with Gasteiger partial charge in [-0.2, -0.15) is 0 Å². The molecule has 2 rings (SSSR count). The fourth-order valence-corrected chi connectivity index (χ4v) is 1.98. The van der Waals surface area contributed by atoms with Gasteiger partial charge in [0.25, 0.3) is 5.91 Å². The van der Waals surface area contributed by atoms with E-state index in [1.807, 2.05) is 37.2 Å². The van der Waals surface area contributed by atoms with Crippen molar-refractivity contribution in [2.75, 3.05) is 27.2 Å². The molecule has 0 saturated heterocycles. The first-order valence-electron chi connectivity index (χ1n) is 6.85. The van der Waals surface area contributed by atoms with Crippen molar-refractivity contribution in [1.29, 1.82) is 0 Å². The Labute approximate surface area is 124 Å². The maximum atomic E-state index is 13.2. The quantitative estimate of drug-likeness (QED) is 0.916. The summed E-state index contributed by atoms with van der Waals surface area (Å²) in [5.74, 6) is -0.361. The molecule has 0 saturated carbocycles. The first kappa shape index (κ1) is 15.2. The van der Waals surface area contributed by atoms with E-state index < -0.39 is 0 Å². The number of hydrogen-bond donors (Lipinski definition) is 1. The third-order valence-corrected chi connectivity index (χ3v) is 3.15. The highest BCUT2D eigenvalue weighted by atomic mass is 19.1. The number of carbonyl (C=O) groups excluding carboxylic acids is 1. The van der Waals surface area contributed by atoms with Crippen LogP contribution >= 0.6 is 0 Å². The molecule has 2 aromatic rings. The van der Waals surface area contributed by atoms with Gasteiger partial charge in [0, 0.05) is 18.7 Å². The summed E-state index contributed by atoms with van der Waals surface area (Å²) in [4.78, 5) is 13.9. The van der Waals surface area contributed by atoms with Gasteiger partial charge < -0.3 is 10.2 Å². The zero-order valence-corrected chi connectivity index (χ0v) is 12.3. The van der Waals surface area contributed by atoms with Crippen molar-refractivity contribution in [3.8, 4) is 11.1 Å². The van der Waals surface area contributed by atoms with Crippen LogP contribution in [0, 0.1) is 5.82 Å². The fourth-order valence-electron chi connectivity index (χ4n) is 1.98. The maximum absolute atomic E-state index is 13.2. The SMILES string of the molecule is CN(C)CCNC(=O)c1ccc(-c2cccc(F)c2)cc1. The maximum Gasteiger partial charge on any atom is 0.251 e. The van der Waals surface area contributed by atoms with Gasteiger partial charge in [0.2, 0.25) is 0 Å². The molecule has 0 aliphatic rings. The minimum atomic E-state index is -0.266. The highest BCUT2D eigenvalue weighted by molar-refractivity contribution is 5.94. The molecule has 0 fully saturated rings. The lowest BCUT2D eigenvalue weighted by Crippen LogP contribution is -2.31. The second-order valence-electron chi connectivity index (χ2n) is 5.15. The van der Waals surface area contributed by atoms with Gasteiger partial charge in [0.15, 0.2) is 0 Å². The van der Waals surface area contributed by atoms with Gasteiger partial charge in [-0.25, -0.2) is 4.39 Å². The van der Waals surface area contributed by atoms with Crippen molar-refractivity contribution in [2.24, 2.45) is 0 Å². The molecular weight excluding hydrogens is 267 g/mol. The van der Waals surface area contributed by atoms with Crippen LogP contribution in [0.4, 0.5) is 4.39 Å². The van der Waals surface area contributed by atoms with E-state index in [9.17, 15) is 9.18 Å². The molecule has 0 spiro atoms. The smallest absolute Gasteiger partial charge is 0.251 e. The van der Waals surface area contributed by atoms with E-state index in [2.05, 4.69) is 5.32 Å². The Morgan fingerprint density at radius 2 is 1.81 bits per heavy atom. The number of nitrogens with one attached hydrogen (secondary N) is 1. The van der Waals surface area contributed by atoms with E-state index in [0.717, 1.165) is 17.7 Å². The van der Waals surface area contributed by atoms with Gasteiger partial charge in [-0.3, -0.25) is 4.79 Å². The van der Waals surface area contributed by atoms with Crippen LogP contribution in [-0.2, 0) is 0 Å². The molecule has 110 valence electrons. The first-order valence-corrected chi connectivity index (χ1v) is 6.85. The Bertz CT molecular complexity index is 608. The number of likely N-dealkylation sites (N-methyl/N-ethyl adjacent to an activating group) is 1. The van der Waals surface area contributed by atoms with Crippen molar-refractivity contribution < 1.29 is 9.18 Å². The van der Waals surface area contributed by atoms with Gasteiger partial charge in [-0.15, -0.1) is 0 Å². The average Bonchev–Trinajstić information content (AvgIpc) is 2.47. The van der Waals surface area contributed by atoms with Crippen molar-refractivity contribution in [3.05, 3.63) is 59.9 Å². The number of rotatable bonds is 5. The van der Waals surface area contributed by atoms with Crippen LogP contribution < -0.4 is 5.32 Å². The van der Waals surface area contributed by atoms with Crippen molar-refractivity contribution in [3.63, 3.8) is 0 Å². The van der Waals surface area contributed by atoms with Gasteiger partial charge in [-0.05, 0) is 49.5 Å². The molecule has 0 unspecified atom stereocenters. The Kier molecular flexibility index (Phi) is 5.06. The largest absolute Gasteiger partial charge is 0.351 e. The molecule has 21 heavy (non-hydrogen) atoms. The predicted octanol–water partition coefficient (Wildman–Crippen LogP) is 2.78. The van der Waals surface area contributed by atoms with Gasteiger partial charge in [0.05, 0.1) is 0 Å². The summed E-state index contributed by atoms with van der Waals surface area (Å²) in [5.41, 5.74) is 2.29. The summed E-state index contributed by atoms with van der Waals surface area (Å²) in [5, 5.41) is 2.86. The lowest BCUT2D eigenvalue weighted by atomic mass is 10.0. The summed E-state index contributed by atoms with van der Waals surface area (Å²) < 4.78 is 13.2. The fraction of sp³-hybridized carbons (Fsp3) is 0.235. The third-order valence-electron chi connectivity index (χ3n) is 3.15. The minimum absolute atomic E-state index is 0.0948. The van der Waals surface area contributed by atoms with Crippen LogP contribution in [0.15, 0.2) is 48.5 Å². The molecule has 2 aromatic carbocycles. The van der Waals surface area contributed by atoms with Crippen molar-refractivity contribution >= 4 is 5.91 Å². The predicted molar refractivity (Wildman–Crippen MR) is 82.7 cm³/mol. The number of carbonyl (C=O) groups is 1. The second kappa shape index (κ2) is 6.99. The summed E-state index contributed by atoms with van der Waals surface area (Å²) in [6.07, 6.45) is 0. The highest BCUT2D eigenvalue weighted by Crippen LogP contribution is 2.20. The van der Waals surface area contributed by atoms with Gasteiger partial charge in [-0.1, -0.05) is 24.3 Å². The Hall–Kier alpha value is -2.20. The van der Waals surface area contributed by atoms with E-state index in [1.165, 1.54) is 12.1 Å². The van der Waals surface area contributed by atoms with Crippen molar-refractivity contribution in [2.45, 2.75) is 0 Å². The molecular formula is C17H19FN2O.